The van der Waals surface area contributed by atoms with Crippen LogP contribution in [0.2, 0.25) is 0 Å². The molecule has 3 rings (SSSR count). The fraction of sp³-hybridized carbons (Fsp3) is 0.263. The van der Waals surface area contributed by atoms with Crippen molar-refractivity contribution in [3.05, 3.63) is 42.5 Å². The second-order valence-corrected chi connectivity index (χ2v) is 5.73. The Kier molecular flexibility index (Phi) is 4.97. The minimum Gasteiger partial charge on any atom is -0.497 e. The Morgan fingerprint density at radius 1 is 0.923 bits per heavy atom. The zero-order valence-electron chi connectivity index (χ0n) is 14.8. The highest BCUT2D eigenvalue weighted by atomic mass is 16.5. The molecule has 7 nitrogen and oxygen atoms in total. The van der Waals surface area contributed by atoms with E-state index in [9.17, 15) is 9.59 Å². The lowest BCUT2D eigenvalue weighted by Gasteiger charge is -2.18. The van der Waals surface area contributed by atoms with Crippen LogP contribution in [0.5, 0.6) is 17.2 Å². The van der Waals surface area contributed by atoms with E-state index in [0.717, 1.165) is 0 Å². The second-order valence-electron chi connectivity index (χ2n) is 5.73. The van der Waals surface area contributed by atoms with Crippen LogP contribution in [0.15, 0.2) is 42.5 Å². The number of hydrogen-bond donors (Lipinski definition) is 1. The molecule has 0 saturated carbocycles. The minimum absolute atomic E-state index is 0.0695. The lowest BCUT2D eigenvalue weighted by molar-refractivity contribution is -0.121. The third kappa shape index (κ3) is 3.28. The summed E-state index contributed by atoms with van der Waals surface area (Å²) in [7, 11) is 4.66. The Labute approximate surface area is 151 Å². The number of amides is 2. The summed E-state index contributed by atoms with van der Waals surface area (Å²) in [5.74, 6) is 1.27. The molecule has 2 amide bonds. The molecule has 0 aliphatic carbocycles. The lowest BCUT2D eigenvalue weighted by atomic mass is 10.2. The highest BCUT2D eigenvalue weighted by Gasteiger charge is 2.39. The summed E-state index contributed by atoms with van der Waals surface area (Å²) in [5.41, 5.74) is 1.14. The molecule has 26 heavy (non-hydrogen) atoms. The van der Waals surface area contributed by atoms with Gasteiger partial charge >= 0.3 is 0 Å². The van der Waals surface area contributed by atoms with E-state index in [1.54, 1.807) is 56.7 Å². The van der Waals surface area contributed by atoms with Crippen molar-refractivity contribution in [3.8, 4) is 17.2 Å². The van der Waals surface area contributed by atoms with Crippen molar-refractivity contribution >= 4 is 23.2 Å². The van der Waals surface area contributed by atoms with Gasteiger partial charge in [0, 0.05) is 6.07 Å². The maximum Gasteiger partial charge on any atom is 0.256 e. The Hall–Kier alpha value is -3.22. The van der Waals surface area contributed by atoms with E-state index >= 15 is 0 Å². The van der Waals surface area contributed by atoms with Crippen LogP contribution in [0.1, 0.15) is 6.42 Å². The number of carbonyl (C=O) groups excluding carboxylic acids is 2. The van der Waals surface area contributed by atoms with E-state index in [1.165, 1.54) is 12.0 Å². The van der Waals surface area contributed by atoms with Gasteiger partial charge in [0.15, 0.2) is 0 Å². The molecule has 1 N–H and O–H groups in total. The fourth-order valence-corrected chi connectivity index (χ4v) is 2.85. The maximum atomic E-state index is 12.7. The number of imide groups is 1. The van der Waals surface area contributed by atoms with Gasteiger partial charge in [-0.05, 0) is 36.4 Å². The minimum atomic E-state index is -0.660. The van der Waals surface area contributed by atoms with Crippen molar-refractivity contribution in [1.82, 2.24) is 0 Å². The molecule has 0 aromatic heterocycles. The molecule has 136 valence electrons. The van der Waals surface area contributed by atoms with Crippen LogP contribution in [0.4, 0.5) is 11.4 Å². The van der Waals surface area contributed by atoms with Crippen molar-refractivity contribution in [2.24, 2.45) is 0 Å². The number of benzene rings is 2. The molecule has 7 heteroatoms. The fourth-order valence-electron chi connectivity index (χ4n) is 2.85. The van der Waals surface area contributed by atoms with Crippen LogP contribution in [0, 0.1) is 0 Å². The summed E-state index contributed by atoms with van der Waals surface area (Å²) in [6.07, 6.45) is 0.0695. The van der Waals surface area contributed by atoms with E-state index in [1.807, 2.05) is 0 Å². The first-order valence-electron chi connectivity index (χ1n) is 8.06. The van der Waals surface area contributed by atoms with E-state index in [4.69, 9.17) is 14.2 Å². The van der Waals surface area contributed by atoms with Crippen molar-refractivity contribution in [3.63, 3.8) is 0 Å². The molecule has 0 spiro atoms. The first kappa shape index (κ1) is 17.6. The van der Waals surface area contributed by atoms with E-state index in [0.29, 0.717) is 28.6 Å². The van der Waals surface area contributed by atoms with Gasteiger partial charge in [0.1, 0.15) is 23.3 Å². The van der Waals surface area contributed by atoms with Gasteiger partial charge in [-0.3, -0.25) is 9.59 Å². The number of rotatable bonds is 6. The molecule has 0 unspecified atom stereocenters. The SMILES string of the molecule is COc1ccc(N2C(=O)C[C@H](Nc3ccc(OC)cc3OC)C2=O)cc1. The van der Waals surface area contributed by atoms with Gasteiger partial charge in [0.05, 0.1) is 39.1 Å². The molecule has 1 fully saturated rings. The summed E-state index contributed by atoms with van der Waals surface area (Å²) in [4.78, 5) is 26.3. The molecular formula is C19H20N2O5. The Morgan fingerprint density at radius 3 is 2.19 bits per heavy atom. The number of hydrogen-bond acceptors (Lipinski definition) is 6. The normalized spacial score (nSPS) is 16.6. The first-order chi connectivity index (χ1) is 12.6. The Balaban J connectivity index is 1.80. The molecule has 2 aromatic carbocycles. The number of nitrogens with zero attached hydrogens (tertiary/aromatic N) is 1. The van der Waals surface area contributed by atoms with Crippen molar-refractivity contribution in [2.45, 2.75) is 12.5 Å². The van der Waals surface area contributed by atoms with Crippen LogP contribution < -0.4 is 24.4 Å². The highest BCUT2D eigenvalue weighted by Crippen LogP contribution is 2.32. The summed E-state index contributed by atoms with van der Waals surface area (Å²) < 4.78 is 15.6. The molecule has 1 saturated heterocycles. The van der Waals surface area contributed by atoms with E-state index in [-0.39, 0.29) is 18.2 Å². The molecule has 2 aromatic rings. The number of anilines is 2. The summed E-state index contributed by atoms with van der Waals surface area (Å²) in [5, 5.41) is 3.10. The molecule has 1 atom stereocenters. The predicted molar refractivity (Wildman–Crippen MR) is 97.1 cm³/mol. The topological polar surface area (TPSA) is 77.1 Å². The largest absolute Gasteiger partial charge is 0.497 e. The third-order valence-corrected chi connectivity index (χ3v) is 4.22. The quantitative estimate of drug-likeness (QED) is 0.801. The van der Waals surface area contributed by atoms with Crippen molar-refractivity contribution in [1.29, 1.82) is 0 Å². The second kappa shape index (κ2) is 7.35. The summed E-state index contributed by atoms with van der Waals surface area (Å²) >= 11 is 0. The summed E-state index contributed by atoms with van der Waals surface area (Å²) in [6, 6.07) is 11.4. The molecule has 1 heterocycles. The van der Waals surface area contributed by atoms with Gasteiger partial charge in [-0.1, -0.05) is 0 Å². The van der Waals surface area contributed by atoms with Crippen LogP contribution in [-0.4, -0.2) is 39.2 Å². The maximum absolute atomic E-state index is 12.7. The Morgan fingerprint density at radius 2 is 1.58 bits per heavy atom. The van der Waals surface area contributed by atoms with E-state index in [2.05, 4.69) is 5.32 Å². The van der Waals surface area contributed by atoms with Crippen LogP contribution in [0.25, 0.3) is 0 Å². The average Bonchev–Trinajstić information content (AvgIpc) is 2.95. The number of nitrogens with one attached hydrogen (secondary N) is 1. The monoisotopic (exact) mass is 356 g/mol. The highest BCUT2D eigenvalue weighted by molar-refractivity contribution is 6.23. The molecular weight excluding hydrogens is 336 g/mol. The number of carbonyl (C=O) groups is 2. The third-order valence-electron chi connectivity index (χ3n) is 4.22. The molecule has 1 aliphatic heterocycles. The van der Waals surface area contributed by atoms with Gasteiger partial charge in [-0.25, -0.2) is 4.90 Å². The van der Waals surface area contributed by atoms with Gasteiger partial charge in [0.2, 0.25) is 5.91 Å². The van der Waals surface area contributed by atoms with Crippen LogP contribution in [-0.2, 0) is 9.59 Å². The molecule has 0 radical (unpaired) electrons. The molecule has 0 bridgehead atoms. The Bertz CT molecular complexity index is 819. The number of ether oxygens (including phenoxy) is 3. The zero-order chi connectivity index (χ0) is 18.7. The average molecular weight is 356 g/mol. The lowest BCUT2D eigenvalue weighted by Crippen LogP contribution is -2.34. The zero-order valence-corrected chi connectivity index (χ0v) is 14.8. The number of methoxy groups -OCH3 is 3. The van der Waals surface area contributed by atoms with Gasteiger partial charge in [-0.15, -0.1) is 0 Å². The van der Waals surface area contributed by atoms with Crippen molar-refractivity contribution < 1.29 is 23.8 Å². The van der Waals surface area contributed by atoms with Gasteiger partial charge < -0.3 is 19.5 Å². The smallest absolute Gasteiger partial charge is 0.256 e. The predicted octanol–water partition coefficient (Wildman–Crippen LogP) is 2.46. The van der Waals surface area contributed by atoms with E-state index < -0.39 is 6.04 Å². The standard InChI is InChI=1S/C19H20N2O5/c1-24-13-6-4-12(5-7-13)21-18(22)11-16(19(21)23)20-15-9-8-14(25-2)10-17(15)26-3/h4-10,16,20H,11H2,1-3H3/t16-/m0/s1. The van der Waals surface area contributed by atoms with Gasteiger partial charge in [0.25, 0.3) is 5.91 Å². The summed E-state index contributed by atoms with van der Waals surface area (Å²) in [6.45, 7) is 0. The van der Waals surface area contributed by atoms with Gasteiger partial charge in [-0.2, -0.15) is 0 Å². The van der Waals surface area contributed by atoms with Crippen molar-refractivity contribution in [2.75, 3.05) is 31.5 Å². The van der Waals surface area contributed by atoms with Crippen LogP contribution in [0.3, 0.4) is 0 Å². The van der Waals surface area contributed by atoms with Crippen LogP contribution >= 0.6 is 0 Å². The molecule has 1 aliphatic rings. The first-order valence-corrected chi connectivity index (χ1v) is 8.06.